The molecule has 1 aromatic heterocycles. The SMILES string of the molecule is NCC(C(=O)Nc1ccc2cnccc2c1)c1ccc(COC(O)C2CCCCC2)cc1. The van der Waals surface area contributed by atoms with Crippen LogP contribution in [0.1, 0.15) is 49.1 Å². The van der Waals surface area contributed by atoms with Gasteiger partial charge in [-0.3, -0.25) is 9.78 Å². The van der Waals surface area contributed by atoms with Crippen LogP contribution in [0.15, 0.2) is 60.9 Å². The molecule has 2 aromatic carbocycles. The van der Waals surface area contributed by atoms with Gasteiger partial charge in [0.15, 0.2) is 6.29 Å². The Kier molecular flexibility index (Phi) is 7.47. The Morgan fingerprint density at radius 1 is 1.09 bits per heavy atom. The van der Waals surface area contributed by atoms with Crippen molar-refractivity contribution in [3.63, 3.8) is 0 Å². The number of hydrogen-bond acceptors (Lipinski definition) is 5. The van der Waals surface area contributed by atoms with E-state index in [9.17, 15) is 9.90 Å². The van der Waals surface area contributed by atoms with Gasteiger partial charge in [0, 0.05) is 35.9 Å². The first kappa shape index (κ1) is 22.4. The maximum absolute atomic E-state index is 12.9. The minimum atomic E-state index is -0.713. The predicted octanol–water partition coefficient (Wildman–Crippen LogP) is 4.33. The second-order valence-electron chi connectivity index (χ2n) is 8.56. The summed E-state index contributed by atoms with van der Waals surface area (Å²) in [5, 5.41) is 15.3. The molecule has 0 aliphatic heterocycles. The Hall–Kier alpha value is -2.80. The van der Waals surface area contributed by atoms with Gasteiger partial charge in [-0.1, -0.05) is 49.6 Å². The van der Waals surface area contributed by atoms with E-state index in [1.165, 1.54) is 19.3 Å². The van der Waals surface area contributed by atoms with Gasteiger partial charge in [0.25, 0.3) is 0 Å². The molecule has 6 heteroatoms. The number of aromatic nitrogens is 1. The van der Waals surface area contributed by atoms with E-state index in [1.807, 2.05) is 48.5 Å². The van der Waals surface area contributed by atoms with Crippen LogP contribution in [0.25, 0.3) is 10.8 Å². The van der Waals surface area contributed by atoms with Crippen molar-refractivity contribution in [3.05, 3.63) is 72.1 Å². The van der Waals surface area contributed by atoms with Crippen molar-refractivity contribution in [2.45, 2.75) is 50.9 Å². The molecule has 1 fully saturated rings. The summed E-state index contributed by atoms with van der Waals surface area (Å²) in [6.07, 6.45) is 8.45. The number of nitrogens with two attached hydrogens (primary N) is 1. The summed E-state index contributed by atoms with van der Waals surface area (Å²) in [7, 11) is 0. The van der Waals surface area contributed by atoms with Crippen molar-refractivity contribution in [1.82, 2.24) is 4.98 Å². The molecule has 0 saturated heterocycles. The van der Waals surface area contributed by atoms with Gasteiger partial charge in [-0.05, 0) is 47.6 Å². The molecule has 4 N–H and O–H groups in total. The van der Waals surface area contributed by atoms with Gasteiger partial charge in [-0.15, -0.1) is 0 Å². The number of aliphatic hydroxyl groups excluding tert-OH is 1. The average Bonchev–Trinajstić information content (AvgIpc) is 2.84. The van der Waals surface area contributed by atoms with Gasteiger partial charge in [0.1, 0.15) is 0 Å². The smallest absolute Gasteiger partial charge is 0.233 e. The van der Waals surface area contributed by atoms with Gasteiger partial charge in [0.2, 0.25) is 5.91 Å². The first-order valence-corrected chi connectivity index (χ1v) is 11.4. The molecular weight excluding hydrogens is 402 g/mol. The first-order valence-electron chi connectivity index (χ1n) is 11.4. The number of fused-ring (bicyclic) bond motifs is 1. The van der Waals surface area contributed by atoms with Crippen molar-refractivity contribution in [2.75, 3.05) is 11.9 Å². The first-order chi connectivity index (χ1) is 15.6. The highest BCUT2D eigenvalue weighted by atomic mass is 16.6. The summed E-state index contributed by atoms with van der Waals surface area (Å²) < 4.78 is 5.70. The maximum Gasteiger partial charge on any atom is 0.233 e. The zero-order valence-corrected chi connectivity index (χ0v) is 18.2. The van der Waals surface area contributed by atoms with E-state index in [4.69, 9.17) is 10.5 Å². The number of carbonyl (C=O) groups is 1. The topological polar surface area (TPSA) is 97.5 Å². The highest BCUT2D eigenvalue weighted by Gasteiger charge is 2.22. The number of amides is 1. The fourth-order valence-electron chi connectivity index (χ4n) is 4.37. The van der Waals surface area contributed by atoms with Crippen LogP contribution in [-0.2, 0) is 16.1 Å². The number of carbonyl (C=O) groups excluding carboxylic acids is 1. The quantitative estimate of drug-likeness (QED) is 0.459. The third kappa shape index (κ3) is 5.51. The molecule has 1 saturated carbocycles. The fraction of sp³-hybridized carbons (Fsp3) is 0.385. The molecular formula is C26H31N3O3. The maximum atomic E-state index is 12.9. The lowest BCUT2D eigenvalue weighted by molar-refractivity contribution is -0.148. The second kappa shape index (κ2) is 10.7. The van der Waals surface area contributed by atoms with Crippen molar-refractivity contribution in [2.24, 2.45) is 11.7 Å². The summed E-state index contributed by atoms with van der Waals surface area (Å²) in [4.78, 5) is 17.0. The van der Waals surface area contributed by atoms with E-state index in [0.717, 1.165) is 40.4 Å². The Balaban J connectivity index is 1.36. The van der Waals surface area contributed by atoms with E-state index < -0.39 is 12.2 Å². The molecule has 4 rings (SSSR count). The molecule has 3 aromatic rings. The highest BCUT2D eigenvalue weighted by molar-refractivity contribution is 5.98. The molecule has 2 atom stereocenters. The Morgan fingerprint density at radius 3 is 2.62 bits per heavy atom. The number of hydrogen-bond donors (Lipinski definition) is 3. The van der Waals surface area contributed by atoms with Gasteiger partial charge in [-0.2, -0.15) is 0 Å². The number of nitrogens with zero attached hydrogens (tertiary/aromatic N) is 1. The molecule has 1 aliphatic rings. The summed E-state index contributed by atoms with van der Waals surface area (Å²) >= 11 is 0. The third-order valence-corrected chi connectivity index (χ3v) is 6.32. The average molecular weight is 434 g/mol. The normalized spacial score (nSPS) is 16.6. The molecule has 6 nitrogen and oxygen atoms in total. The number of pyridine rings is 1. The van der Waals surface area contributed by atoms with Crippen LogP contribution in [0, 0.1) is 5.92 Å². The van der Waals surface area contributed by atoms with Crippen LogP contribution in [0.3, 0.4) is 0 Å². The van der Waals surface area contributed by atoms with Crippen LogP contribution >= 0.6 is 0 Å². The van der Waals surface area contributed by atoms with Crippen LogP contribution in [0.2, 0.25) is 0 Å². The van der Waals surface area contributed by atoms with Crippen molar-refractivity contribution < 1.29 is 14.6 Å². The minimum Gasteiger partial charge on any atom is -0.368 e. The lowest BCUT2D eigenvalue weighted by atomic mass is 9.89. The number of anilines is 1. The fourth-order valence-corrected chi connectivity index (χ4v) is 4.37. The molecule has 1 aliphatic carbocycles. The number of nitrogens with one attached hydrogen (secondary N) is 1. The molecule has 32 heavy (non-hydrogen) atoms. The van der Waals surface area contributed by atoms with E-state index in [-0.39, 0.29) is 18.4 Å². The molecule has 1 amide bonds. The van der Waals surface area contributed by atoms with E-state index >= 15 is 0 Å². The molecule has 0 bridgehead atoms. The highest BCUT2D eigenvalue weighted by Crippen LogP contribution is 2.27. The molecule has 2 unspecified atom stereocenters. The Morgan fingerprint density at radius 2 is 1.88 bits per heavy atom. The summed E-state index contributed by atoms with van der Waals surface area (Å²) in [5.74, 6) is -0.358. The van der Waals surface area contributed by atoms with Crippen LogP contribution in [0.5, 0.6) is 0 Å². The van der Waals surface area contributed by atoms with Crippen molar-refractivity contribution in [3.8, 4) is 0 Å². The Labute approximate surface area is 188 Å². The van der Waals surface area contributed by atoms with Crippen LogP contribution < -0.4 is 11.1 Å². The molecule has 0 spiro atoms. The third-order valence-electron chi connectivity index (χ3n) is 6.32. The molecule has 1 heterocycles. The van der Waals surface area contributed by atoms with Crippen molar-refractivity contribution in [1.29, 1.82) is 0 Å². The predicted molar refractivity (Wildman–Crippen MR) is 126 cm³/mol. The number of benzene rings is 2. The van der Waals surface area contributed by atoms with Gasteiger partial charge in [-0.25, -0.2) is 0 Å². The lowest BCUT2D eigenvalue weighted by Crippen LogP contribution is -2.27. The molecule has 168 valence electrons. The second-order valence-corrected chi connectivity index (χ2v) is 8.56. The largest absolute Gasteiger partial charge is 0.368 e. The lowest BCUT2D eigenvalue weighted by Gasteiger charge is -2.26. The van der Waals surface area contributed by atoms with Crippen LogP contribution in [-0.4, -0.2) is 28.8 Å². The number of rotatable bonds is 8. The standard InChI is InChI=1S/C26H31N3O3/c27-15-24(25(30)29-23-11-10-22-16-28-13-12-21(22)14-23)19-8-6-18(7-9-19)17-32-26(31)20-4-2-1-3-5-20/h6-14,16,20,24,26,31H,1-5,15,17,27H2,(H,29,30). The van der Waals surface area contributed by atoms with Gasteiger partial charge in [0.05, 0.1) is 12.5 Å². The molecule has 0 radical (unpaired) electrons. The Bertz CT molecular complexity index is 1030. The zero-order chi connectivity index (χ0) is 22.3. The number of aliphatic hydroxyl groups is 1. The van der Waals surface area contributed by atoms with E-state index in [2.05, 4.69) is 10.3 Å². The van der Waals surface area contributed by atoms with Gasteiger partial charge >= 0.3 is 0 Å². The summed E-state index contributed by atoms with van der Waals surface area (Å²) in [6, 6.07) is 15.3. The van der Waals surface area contributed by atoms with Gasteiger partial charge < -0.3 is 20.9 Å². The van der Waals surface area contributed by atoms with E-state index in [0.29, 0.717) is 6.61 Å². The number of ether oxygens (including phenoxy) is 1. The summed E-state index contributed by atoms with van der Waals surface area (Å²) in [5.41, 5.74) is 8.49. The van der Waals surface area contributed by atoms with Crippen LogP contribution in [0.4, 0.5) is 5.69 Å². The zero-order valence-electron chi connectivity index (χ0n) is 18.2. The minimum absolute atomic E-state index is 0.141. The van der Waals surface area contributed by atoms with Crippen molar-refractivity contribution >= 4 is 22.4 Å². The monoisotopic (exact) mass is 433 g/mol. The summed E-state index contributed by atoms with van der Waals surface area (Å²) in [6.45, 7) is 0.558. The van der Waals surface area contributed by atoms with E-state index in [1.54, 1.807) is 12.4 Å².